The van der Waals surface area contributed by atoms with Gasteiger partial charge in [0.2, 0.25) is 0 Å². The average Bonchev–Trinajstić information content (AvgIpc) is 2.62. The van der Waals surface area contributed by atoms with Gasteiger partial charge < -0.3 is 4.90 Å². The first kappa shape index (κ1) is 19.4. The number of rotatable bonds is 4. The first-order chi connectivity index (χ1) is 12.7. The van der Waals surface area contributed by atoms with Crippen molar-refractivity contribution in [1.82, 2.24) is 4.90 Å². The van der Waals surface area contributed by atoms with Gasteiger partial charge in [-0.1, -0.05) is 17.7 Å². The highest BCUT2D eigenvalue weighted by Crippen LogP contribution is 2.35. The summed E-state index contributed by atoms with van der Waals surface area (Å²) in [7, 11) is 0. The fourth-order valence-corrected chi connectivity index (χ4v) is 3.26. The average molecular weight is 400 g/mol. The zero-order chi connectivity index (χ0) is 19.6. The Kier molecular flexibility index (Phi) is 5.57. The summed E-state index contributed by atoms with van der Waals surface area (Å²) in [5, 5.41) is 11.4. The number of benzene rings is 2. The molecule has 27 heavy (non-hydrogen) atoms. The fourth-order valence-electron chi connectivity index (χ4n) is 3.14. The van der Waals surface area contributed by atoms with Crippen molar-refractivity contribution in [3.8, 4) is 0 Å². The van der Waals surface area contributed by atoms with Crippen molar-refractivity contribution in [2.45, 2.75) is 12.7 Å². The monoisotopic (exact) mass is 399 g/mol. The van der Waals surface area contributed by atoms with Crippen LogP contribution >= 0.6 is 11.6 Å². The van der Waals surface area contributed by atoms with Gasteiger partial charge in [-0.05, 0) is 29.8 Å². The number of non-ortho nitro benzene ring substituents is 1. The Morgan fingerprint density at radius 3 is 2.22 bits per heavy atom. The lowest BCUT2D eigenvalue weighted by Gasteiger charge is -2.36. The van der Waals surface area contributed by atoms with Crippen molar-refractivity contribution in [2.75, 3.05) is 31.1 Å². The number of nitro benzene ring substituents is 1. The molecule has 0 aromatic heterocycles. The third-order valence-electron chi connectivity index (χ3n) is 4.57. The highest BCUT2D eigenvalue weighted by molar-refractivity contribution is 6.30. The van der Waals surface area contributed by atoms with Crippen LogP contribution in [0.5, 0.6) is 0 Å². The van der Waals surface area contributed by atoms with Crippen LogP contribution in [-0.4, -0.2) is 36.0 Å². The van der Waals surface area contributed by atoms with E-state index in [-0.39, 0.29) is 12.1 Å². The molecular formula is C18H17ClF3N3O2. The maximum atomic E-state index is 13.3. The number of alkyl halides is 3. The van der Waals surface area contributed by atoms with Crippen molar-refractivity contribution >= 4 is 23.0 Å². The molecule has 0 aliphatic carbocycles. The Morgan fingerprint density at radius 2 is 1.67 bits per heavy atom. The second kappa shape index (κ2) is 7.74. The second-order valence-corrected chi connectivity index (χ2v) is 6.77. The van der Waals surface area contributed by atoms with E-state index >= 15 is 0 Å². The Labute approximate surface area is 159 Å². The van der Waals surface area contributed by atoms with E-state index in [4.69, 9.17) is 11.6 Å². The van der Waals surface area contributed by atoms with Gasteiger partial charge in [-0.3, -0.25) is 15.0 Å². The summed E-state index contributed by atoms with van der Waals surface area (Å²) < 4.78 is 39.9. The molecule has 0 radical (unpaired) electrons. The maximum Gasteiger partial charge on any atom is 0.416 e. The van der Waals surface area contributed by atoms with E-state index in [0.29, 0.717) is 37.3 Å². The van der Waals surface area contributed by atoms with Crippen LogP contribution in [0.1, 0.15) is 11.1 Å². The molecule has 0 unspecified atom stereocenters. The summed E-state index contributed by atoms with van der Waals surface area (Å²) in [4.78, 5) is 14.0. The SMILES string of the molecule is O=[N+]([O-])c1ccc(CN2CCN(c3ccc(Cl)cc3)CC2)c(C(F)(F)F)c1. The van der Waals surface area contributed by atoms with Crippen molar-refractivity contribution in [3.63, 3.8) is 0 Å². The Bertz CT molecular complexity index is 820. The standard InChI is InChI=1S/C18H17ClF3N3O2/c19-14-2-5-15(6-3-14)24-9-7-23(8-10-24)12-13-1-4-16(25(26)27)11-17(13)18(20,21)22/h1-6,11H,7-10,12H2. The van der Waals surface area contributed by atoms with Gasteiger partial charge in [-0.2, -0.15) is 13.2 Å². The number of nitro groups is 1. The summed E-state index contributed by atoms with van der Waals surface area (Å²) in [6, 6.07) is 10.4. The minimum atomic E-state index is -4.63. The molecule has 0 atom stereocenters. The fraction of sp³-hybridized carbons (Fsp3) is 0.333. The molecule has 0 saturated carbocycles. The van der Waals surface area contributed by atoms with E-state index in [0.717, 1.165) is 11.8 Å². The molecule has 1 aliphatic heterocycles. The molecule has 2 aromatic rings. The molecule has 9 heteroatoms. The lowest BCUT2D eigenvalue weighted by atomic mass is 10.0. The van der Waals surface area contributed by atoms with Crippen LogP contribution in [0.4, 0.5) is 24.5 Å². The van der Waals surface area contributed by atoms with Crippen LogP contribution in [0, 0.1) is 10.1 Å². The van der Waals surface area contributed by atoms with Crippen molar-refractivity contribution < 1.29 is 18.1 Å². The van der Waals surface area contributed by atoms with E-state index in [1.807, 2.05) is 17.0 Å². The van der Waals surface area contributed by atoms with Crippen LogP contribution in [0.25, 0.3) is 0 Å². The highest BCUT2D eigenvalue weighted by Gasteiger charge is 2.35. The Morgan fingerprint density at radius 1 is 1.04 bits per heavy atom. The first-order valence-electron chi connectivity index (χ1n) is 8.31. The summed E-state index contributed by atoms with van der Waals surface area (Å²) in [5.41, 5.74) is -0.436. The van der Waals surface area contributed by atoms with E-state index in [1.165, 1.54) is 6.07 Å². The normalized spacial score (nSPS) is 15.8. The highest BCUT2D eigenvalue weighted by atomic mass is 35.5. The maximum absolute atomic E-state index is 13.3. The van der Waals surface area contributed by atoms with Gasteiger partial charge in [0, 0.05) is 55.6 Å². The van der Waals surface area contributed by atoms with Crippen molar-refractivity contribution in [2.24, 2.45) is 0 Å². The van der Waals surface area contributed by atoms with Gasteiger partial charge in [-0.15, -0.1) is 0 Å². The van der Waals surface area contributed by atoms with Crippen molar-refractivity contribution in [1.29, 1.82) is 0 Å². The molecule has 0 amide bonds. The summed E-state index contributed by atoms with van der Waals surface area (Å²) in [6.07, 6.45) is -4.63. The predicted octanol–water partition coefficient (Wildman–Crippen LogP) is 4.59. The molecular weight excluding hydrogens is 383 g/mol. The molecule has 0 bridgehead atoms. The third-order valence-corrected chi connectivity index (χ3v) is 4.82. The molecule has 2 aromatic carbocycles. The summed E-state index contributed by atoms with van der Waals surface area (Å²) >= 11 is 5.89. The second-order valence-electron chi connectivity index (χ2n) is 6.34. The summed E-state index contributed by atoms with van der Waals surface area (Å²) in [5.74, 6) is 0. The first-order valence-corrected chi connectivity index (χ1v) is 8.69. The molecule has 1 heterocycles. The van der Waals surface area contributed by atoms with Crippen LogP contribution in [0.15, 0.2) is 42.5 Å². The molecule has 0 spiro atoms. The van der Waals surface area contributed by atoms with Crippen LogP contribution in [0.3, 0.4) is 0 Å². The molecule has 1 fully saturated rings. The topological polar surface area (TPSA) is 49.6 Å². The van der Waals surface area contributed by atoms with Gasteiger partial charge in [0.15, 0.2) is 0 Å². The molecule has 1 saturated heterocycles. The van der Waals surface area contributed by atoms with Gasteiger partial charge in [0.05, 0.1) is 10.5 Å². The molecule has 144 valence electrons. The molecule has 0 N–H and O–H groups in total. The Hall–Kier alpha value is -2.32. The number of hydrogen-bond acceptors (Lipinski definition) is 4. The zero-order valence-electron chi connectivity index (χ0n) is 14.2. The smallest absolute Gasteiger partial charge is 0.369 e. The quantitative estimate of drug-likeness (QED) is 0.557. The van der Waals surface area contributed by atoms with Gasteiger partial charge in [0.1, 0.15) is 0 Å². The van der Waals surface area contributed by atoms with E-state index in [9.17, 15) is 23.3 Å². The van der Waals surface area contributed by atoms with Gasteiger partial charge >= 0.3 is 6.18 Å². The van der Waals surface area contributed by atoms with Crippen LogP contribution in [0.2, 0.25) is 5.02 Å². The van der Waals surface area contributed by atoms with E-state index < -0.39 is 22.4 Å². The number of halogens is 4. The lowest BCUT2D eigenvalue weighted by Crippen LogP contribution is -2.46. The van der Waals surface area contributed by atoms with E-state index in [2.05, 4.69) is 4.90 Å². The molecule has 1 aliphatic rings. The predicted molar refractivity (Wildman–Crippen MR) is 97.0 cm³/mol. The van der Waals surface area contributed by atoms with Crippen LogP contribution in [-0.2, 0) is 12.7 Å². The van der Waals surface area contributed by atoms with E-state index in [1.54, 1.807) is 12.1 Å². The Balaban J connectivity index is 1.70. The number of hydrogen-bond donors (Lipinski definition) is 0. The minimum Gasteiger partial charge on any atom is -0.369 e. The third kappa shape index (κ3) is 4.70. The zero-order valence-corrected chi connectivity index (χ0v) is 15.0. The minimum absolute atomic E-state index is 0.0491. The lowest BCUT2D eigenvalue weighted by molar-refractivity contribution is -0.385. The number of nitrogens with zero attached hydrogens (tertiary/aromatic N) is 3. The number of piperazine rings is 1. The van der Waals surface area contributed by atoms with Crippen LogP contribution < -0.4 is 4.90 Å². The molecule has 5 nitrogen and oxygen atoms in total. The van der Waals surface area contributed by atoms with Crippen molar-refractivity contribution in [3.05, 3.63) is 68.7 Å². The molecule has 3 rings (SSSR count). The largest absolute Gasteiger partial charge is 0.416 e. The number of anilines is 1. The van der Waals surface area contributed by atoms with Gasteiger partial charge in [0.25, 0.3) is 5.69 Å². The summed E-state index contributed by atoms with van der Waals surface area (Å²) in [6.45, 7) is 2.64. The van der Waals surface area contributed by atoms with Gasteiger partial charge in [-0.25, -0.2) is 0 Å².